The highest BCUT2D eigenvalue weighted by Crippen LogP contribution is 2.33. The number of thiazole rings is 1. The third-order valence-electron chi connectivity index (χ3n) is 2.60. The minimum absolute atomic E-state index is 0.286. The molecule has 0 fully saturated rings. The molecule has 1 heterocycles. The molecule has 1 unspecified atom stereocenters. The van der Waals surface area contributed by atoms with Gasteiger partial charge < -0.3 is 5.73 Å². The fraction of sp³-hybridized carbons (Fsp3) is 0.250. The van der Waals surface area contributed by atoms with E-state index in [-0.39, 0.29) is 5.56 Å². The number of rotatable bonds is 2. The molecular formula is C12H10F4N2S. The Bertz CT molecular complexity index is 592. The largest absolute Gasteiger partial charge is 0.419 e. The van der Waals surface area contributed by atoms with Gasteiger partial charge in [-0.25, -0.2) is 9.37 Å². The molecule has 0 aliphatic rings. The lowest BCUT2D eigenvalue weighted by atomic mass is 10.0. The number of nitrogens with two attached hydrogens (primary N) is 1. The number of hydrogen-bond acceptors (Lipinski definition) is 3. The highest BCUT2D eigenvalue weighted by Gasteiger charge is 2.34. The molecule has 2 nitrogen and oxygen atoms in total. The molecule has 1 atom stereocenters. The van der Waals surface area contributed by atoms with Crippen LogP contribution in [-0.4, -0.2) is 4.98 Å². The van der Waals surface area contributed by atoms with Crippen LogP contribution in [0, 0.1) is 12.7 Å². The summed E-state index contributed by atoms with van der Waals surface area (Å²) in [6.45, 7) is 1.79. The summed E-state index contributed by atoms with van der Waals surface area (Å²) in [5.41, 5.74) is 4.88. The molecule has 0 saturated heterocycles. The molecular weight excluding hydrogens is 280 g/mol. The molecule has 2 N–H and O–H groups in total. The van der Waals surface area contributed by atoms with Gasteiger partial charge in [0.15, 0.2) is 0 Å². The molecule has 19 heavy (non-hydrogen) atoms. The van der Waals surface area contributed by atoms with Crippen molar-refractivity contribution in [2.24, 2.45) is 5.73 Å². The van der Waals surface area contributed by atoms with Crippen molar-refractivity contribution in [3.05, 3.63) is 51.2 Å². The zero-order valence-corrected chi connectivity index (χ0v) is 10.6. The Morgan fingerprint density at radius 1 is 1.32 bits per heavy atom. The van der Waals surface area contributed by atoms with E-state index in [0.717, 1.165) is 11.1 Å². The minimum atomic E-state index is -4.70. The van der Waals surface area contributed by atoms with Gasteiger partial charge in [-0.2, -0.15) is 13.2 Å². The van der Waals surface area contributed by atoms with Gasteiger partial charge in [0.05, 0.1) is 16.6 Å². The normalized spacial score (nSPS) is 13.6. The molecule has 0 aliphatic heterocycles. The molecule has 0 bridgehead atoms. The number of aryl methyl sites for hydroxylation is 1. The van der Waals surface area contributed by atoms with E-state index in [1.165, 1.54) is 17.4 Å². The van der Waals surface area contributed by atoms with Gasteiger partial charge in [-0.05, 0) is 24.6 Å². The molecule has 0 aliphatic carbocycles. The molecule has 1 aromatic carbocycles. The minimum Gasteiger partial charge on any atom is -0.320 e. The third-order valence-corrected chi connectivity index (χ3v) is 3.60. The van der Waals surface area contributed by atoms with Crippen molar-refractivity contribution in [3.8, 4) is 0 Å². The van der Waals surface area contributed by atoms with E-state index in [0.29, 0.717) is 10.9 Å². The summed E-state index contributed by atoms with van der Waals surface area (Å²) >= 11 is 1.33. The zero-order valence-electron chi connectivity index (χ0n) is 9.83. The maximum Gasteiger partial charge on any atom is 0.419 e. The predicted octanol–water partition coefficient (Wildman–Crippen LogP) is 3.66. The van der Waals surface area contributed by atoms with Gasteiger partial charge in [0.1, 0.15) is 5.82 Å². The van der Waals surface area contributed by atoms with Gasteiger partial charge in [0.25, 0.3) is 0 Å². The lowest BCUT2D eigenvalue weighted by Gasteiger charge is -2.13. The highest BCUT2D eigenvalue weighted by atomic mass is 32.1. The van der Waals surface area contributed by atoms with Gasteiger partial charge in [-0.1, -0.05) is 6.07 Å². The van der Waals surface area contributed by atoms with E-state index in [1.54, 1.807) is 13.1 Å². The van der Waals surface area contributed by atoms with Crippen LogP contribution in [0.25, 0.3) is 0 Å². The van der Waals surface area contributed by atoms with Crippen molar-refractivity contribution in [3.63, 3.8) is 0 Å². The second kappa shape index (κ2) is 4.90. The lowest BCUT2D eigenvalue weighted by molar-refractivity contribution is -0.140. The maximum absolute atomic E-state index is 13.4. The molecule has 1 aromatic heterocycles. The van der Waals surface area contributed by atoms with Crippen LogP contribution in [0.1, 0.15) is 27.1 Å². The van der Waals surface area contributed by atoms with Gasteiger partial charge >= 0.3 is 6.18 Å². The van der Waals surface area contributed by atoms with Crippen LogP contribution in [0.15, 0.2) is 24.4 Å². The van der Waals surface area contributed by atoms with Crippen molar-refractivity contribution in [1.29, 1.82) is 0 Å². The van der Waals surface area contributed by atoms with Crippen LogP contribution in [-0.2, 0) is 6.18 Å². The van der Waals surface area contributed by atoms with E-state index >= 15 is 0 Å². The summed E-state index contributed by atoms with van der Waals surface area (Å²) in [5.74, 6) is -1.32. The van der Waals surface area contributed by atoms with Gasteiger partial charge in [0, 0.05) is 11.1 Å². The fourth-order valence-electron chi connectivity index (χ4n) is 1.64. The maximum atomic E-state index is 13.4. The van der Waals surface area contributed by atoms with E-state index in [9.17, 15) is 17.6 Å². The Kier molecular flexibility index (Phi) is 3.60. The lowest BCUT2D eigenvalue weighted by Crippen LogP contribution is -2.13. The van der Waals surface area contributed by atoms with Gasteiger partial charge in [0.2, 0.25) is 0 Å². The summed E-state index contributed by atoms with van der Waals surface area (Å²) < 4.78 is 50.7. The summed E-state index contributed by atoms with van der Waals surface area (Å²) in [5, 5.41) is 0.790. The quantitative estimate of drug-likeness (QED) is 0.857. The second-order valence-electron chi connectivity index (χ2n) is 4.00. The number of halogens is 4. The average molecular weight is 290 g/mol. The molecule has 0 amide bonds. The number of nitrogens with zero attached hydrogens (tertiary/aromatic N) is 1. The first-order valence-electron chi connectivity index (χ1n) is 5.33. The highest BCUT2D eigenvalue weighted by molar-refractivity contribution is 7.11. The van der Waals surface area contributed by atoms with Crippen molar-refractivity contribution in [2.75, 3.05) is 0 Å². The predicted molar refractivity (Wildman–Crippen MR) is 64.3 cm³/mol. The first-order valence-corrected chi connectivity index (χ1v) is 6.15. The Balaban J connectivity index is 2.35. The Labute approximate surface area is 110 Å². The standard InChI is InChI=1S/C12H10F4N2S/c1-6-18-5-10(19-6)11(17)7-2-3-8(9(13)4-7)12(14,15)16/h2-5,11H,17H2,1H3. The van der Waals surface area contributed by atoms with Crippen LogP contribution in [0.5, 0.6) is 0 Å². The topological polar surface area (TPSA) is 38.9 Å². The fourth-order valence-corrected chi connectivity index (χ4v) is 2.46. The van der Waals surface area contributed by atoms with Crippen LogP contribution in [0.3, 0.4) is 0 Å². The van der Waals surface area contributed by atoms with Crippen LogP contribution >= 0.6 is 11.3 Å². The molecule has 102 valence electrons. The Morgan fingerprint density at radius 2 is 2.00 bits per heavy atom. The molecule has 2 rings (SSSR count). The molecule has 0 spiro atoms. The van der Waals surface area contributed by atoms with Crippen molar-refractivity contribution in [2.45, 2.75) is 19.1 Å². The smallest absolute Gasteiger partial charge is 0.320 e. The first kappa shape index (κ1) is 14.0. The van der Waals surface area contributed by atoms with Crippen LogP contribution < -0.4 is 5.73 Å². The number of aromatic nitrogens is 1. The van der Waals surface area contributed by atoms with E-state index in [2.05, 4.69) is 4.98 Å². The second-order valence-corrected chi connectivity index (χ2v) is 5.26. The monoisotopic (exact) mass is 290 g/mol. The summed E-state index contributed by atoms with van der Waals surface area (Å²) in [7, 11) is 0. The zero-order chi connectivity index (χ0) is 14.2. The van der Waals surface area contributed by atoms with Crippen LogP contribution in [0.4, 0.5) is 17.6 Å². The Morgan fingerprint density at radius 3 is 2.47 bits per heavy atom. The molecule has 7 heteroatoms. The van der Waals surface area contributed by atoms with Crippen LogP contribution in [0.2, 0.25) is 0 Å². The number of alkyl halides is 3. The SMILES string of the molecule is Cc1ncc(C(N)c2ccc(C(F)(F)F)c(F)c2)s1. The average Bonchev–Trinajstić information content (AvgIpc) is 2.73. The first-order chi connectivity index (χ1) is 8.79. The third kappa shape index (κ3) is 2.93. The van der Waals surface area contributed by atoms with Crippen molar-refractivity contribution < 1.29 is 17.6 Å². The van der Waals surface area contributed by atoms with E-state index in [4.69, 9.17) is 5.73 Å². The summed E-state index contributed by atoms with van der Waals surface area (Å²) in [6, 6.07) is 2.04. The molecule has 0 saturated carbocycles. The van der Waals surface area contributed by atoms with Gasteiger partial charge in [-0.3, -0.25) is 0 Å². The Hall–Kier alpha value is -1.47. The van der Waals surface area contributed by atoms with Crippen molar-refractivity contribution in [1.82, 2.24) is 4.98 Å². The summed E-state index contributed by atoms with van der Waals surface area (Å²) in [4.78, 5) is 4.68. The van der Waals surface area contributed by atoms with Crippen molar-refractivity contribution >= 4 is 11.3 Å². The van der Waals surface area contributed by atoms with Gasteiger partial charge in [-0.15, -0.1) is 11.3 Å². The molecule has 2 aromatic rings. The molecule has 0 radical (unpaired) electrons. The summed E-state index contributed by atoms with van der Waals surface area (Å²) in [6.07, 6.45) is -3.16. The van der Waals surface area contributed by atoms with E-state index < -0.39 is 23.6 Å². The number of benzene rings is 1. The number of hydrogen-bond donors (Lipinski definition) is 1. The van der Waals surface area contributed by atoms with E-state index in [1.807, 2.05) is 0 Å².